The molecule has 0 bridgehead atoms. The first-order chi connectivity index (χ1) is 9.47. The summed E-state index contributed by atoms with van der Waals surface area (Å²) >= 11 is 0. The van der Waals surface area contributed by atoms with E-state index in [0.717, 1.165) is 25.8 Å². The van der Waals surface area contributed by atoms with Crippen molar-refractivity contribution in [1.82, 2.24) is 9.62 Å². The second-order valence-corrected chi connectivity index (χ2v) is 6.82. The molecule has 0 spiro atoms. The first-order valence-corrected chi connectivity index (χ1v) is 8.68. The van der Waals surface area contributed by atoms with Gasteiger partial charge in [-0.25, -0.2) is 8.42 Å². The fraction of sp³-hybridized carbons (Fsp3) is 0.714. The third-order valence-electron chi connectivity index (χ3n) is 3.45. The van der Waals surface area contributed by atoms with E-state index in [-0.39, 0.29) is 11.1 Å². The van der Waals surface area contributed by atoms with E-state index in [2.05, 4.69) is 12.2 Å². The highest BCUT2D eigenvalue weighted by Gasteiger charge is 2.28. The molecule has 0 aromatic carbocycles. The molecule has 6 heteroatoms. The van der Waals surface area contributed by atoms with Gasteiger partial charge in [-0.15, -0.1) is 0 Å². The van der Waals surface area contributed by atoms with Crippen LogP contribution >= 0.6 is 0 Å². The van der Waals surface area contributed by atoms with E-state index in [1.165, 1.54) is 10.4 Å². The van der Waals surface area contributed by atoms with E-state index in [0.29, 0.717) is 12.3 Å². The molecule has 1 aromatic rings. The first kappa shape index (κ1) is 17.2. The normalized spacial score (nSPS) is 12.5. The van der Waals surface area contributed by atoms with Gasteiger partial charge in [-0.3, -0.25) is 0 Å². The maximum absolute atomic E-state index is 12.4. The van der Waals surface area contributed by atoms with Gasteiger partial charge in [0, 0.05) is 13.1 Å². The van der Waals surface area contributed by atoms with Crippen molar-refractivity contribution in [2.45, 2.75) is 57.7 Å². The lowest BCUT2D eigenvalue weighted by molar-refractivity contribution is 0.328. The highest BCUT2D eigenvalue weighted by atomic mass is 32.2. The first-order valence-electron chi connectivity index (χ1n) is 7.24. The Morgan fingerprint density at radius 1 is 1.25 bits per heavy atom. The van der Waals surface area contributed by atoms with Gasteiger partial charge in [0.15, 0.2) is 0 Å². The summed E-state index contributed by atoms with van der Waals surface area (Å²) in [6.45, 7) is 7.49. The molecule has 0 aliphatic heterocycles. The molecule has 0 fully saturated rings. The molecule has 0 radical (unpaired) electrons. The average Bonchev–Trinajstić information content (AvgIpc) is 2.90. The van der Waals surface area contributed by atoms with Crippen LogP contribution in [0.3, 0.4) is 0 Å². The second-order valence-electron chi connectivity index (χ2n) is 4.89. The van der Waals surface area contributed by atoms with E-state index < -0.39 is 10.0 Å². The van der Waals surface area contributed by atoms with Crippen LogP contribution in [0, 0.1) is 0 Å². The maximum Gasteiger partial charge on any atom is 0.276 e. The van der Waals surface area contributed by atoms with Crippen LogP contribution in [-0.2, 0) is 16.6 Å². The maximum atomic E-state index is 12.4. The van der Waals surface area contributed by atoms with E-state index in [1.807, 2.05) is 13.8 Å². The number of rotatable bonds is 9. The summed E-state index contributed by atoms with van der Waals surface area (Å²) in [6, 6.07) is 3.26. The van der Waals surface area contributed by atoms with Crippen LogP contribution in [0.2, 0.25) is 0 Å². The molecular weight excluding hydrogens is 276 g/mol. The topological polar surface area (TPSA) is 62.6 Å². The lowest BCUT2D eigenvalue weighted by Gasteiger charge is -2.24. The van der Waals surface area contributed by atoms with Crippen LogP contribution in [0.25, 0.3) is 0 Å². The van der Waals surface area contributed by atoms with E-state index in [1.54, 1.807) is 13.1 Å². The summed E-state index contributed by atoms with van der Waals surface area (Å²) < 4.78 is 31.8. The third kappa shape index (κ3) is 4.07. The lowest BCUT2D eigenvalue weighted by atomic mass is 10.2. The quantitative estimate of drug-likeness (QED) is 0.712. The molecule has 1 N–H and O–H groups in total. The summed E-state index contributed by atoms with van der Waals surface area (Å²) in [6.07, 6.45) is 2.61. The zero-order valence-electron chi connectivity index (χ0n) is 12.8. The molecule has 5 nitrogen and oxygen atoms in total. The minimum atomic E-state index is -3.53. The van der Waals surface area contributed by atoms with E-state index >= 15 is 0 Å². The Kier molecular flexibility index (Phi) is 6.71. The van der Waals surface area contributed by atoms with Crippen molar-refractivity contribution in [1.29, 1.82) is 0 Å². The summed E-state index contributed by atoms with van der Waals surface area (Å²) in [5, 5.41) is 3.22. The number of hydrogen-bond donors (Lipinski definition) is 1. The van der Waals surface area contributed by atoms with E-state index in [4.69, 9.17) is 4.42 Å². The molecule has 1 heterocycles. The zero-order chi connectivity index (χ0) is 15.2. The van der Waals surface area contributed by atoms with Crippen molar-refractivity contribution < 1.29 is 12.8 Å². The standard InChI is InChI=1S/C14H26N2O3S/c1-5-10-15-11-13-8-9-14(19-13)20(17,18)16(4)12(6-2)7-3/h8-9,12,15H,5-7,10-11H2,1-4H3. The highest BCUT2D eigenvalue weighted by Crippen LogP contribution is 2.21. The van der Waals surface area contributed by atoms with Gasteiger partial charge in [-0.05, 0) is 37.9 Å². The largest absolute Gasteiger partial charge is 0.447 e. The lowest BCUT2D eigenvalue weighted by Crippen LogP contribution is -2.36. The number of furan rings is 1. The molecule has 1 aromatic heterocycles. The summed E-state index contributed by atoms with van der Waals surface area (Å²) in [5.41, 5.74) is 0. The van der Waals surface area contributed by atoms with Gasteiger partial charge in [-0.2, -0.15) is 4.31 Å². The van der Waals surface area contributed by atoms with E-state index in [9.17, 15) is 8.42 Å². The van der Waals surface area contributed by atoms with Crippen LogP contribution in [-0.4, -0.2) is 32.4 Å². The van der Waals surface area contributed by atoms with Crippen LogP contribution in [0.5, 0.6) is 0 Å². The number of nitrogens with one attached hydrogen (secondary N) is 1. The number of hydrogen-bond acceptors (Lipinski definition) is 4. The Hall–Kier alpha value is -0.850. The minimum absolute atomic E-state index is 0.00627. The molecule has 0 saturated carbocycles. The van der Waals surface area contributed by atoms with Crippen molar-refractivity contribution in [3.63, 3.8) is 0 Å². The zero-order valence-corrected chi connectivity index (χ0v) is 13.7. The number of sulfonamides is 1. The Labute approximate surface area is 122 Å². The van der Waals surface area contributed by atoms with Crippen LogP contribution in [0.15, 0.2) is 21.6 Å². The summed E-state index contributed by atoms with van der Waals surface area (Å²) in [7, 11) is -1.92. The third-order valence-corrected chi connectivity index (χ3v) is 5.24. The Balaban J connectivity index is 2.82. The van der Waals surface area contributed by atoms with Gasteiger partial charge < -0.3 is 9.73 Å². The van der Waals surface area contributed by atoms with Crippen LogP contribution < -0.4 is 5.32 Å². The van der Waals surface area contributed by atoms with Crippen LogP contribution in [0.4, 0.5) is 0 Å². The van der Waals surface area contributed by atoms with Gasteiger partial charge in [0.25, 0.3) is 10.0 Å². The van der Waals surface area contributed by atoms with Gasteiger partial charge in [0.05, 0.1) is 6.54 Å². The predicted octanol–water partition coefficient (Wildman–Crippen LogP) is 2.59. The molecule has 0 unspecified atom stereocenters. The molecule has 116 valence electrons. The monoisotopic (exact) mass is 302 g/mol. The molecular formula is C14H26N2O3S. The molecule has 20 heavy (non-hydrogen) atoms. The molecule has 1 rings (SSSR count). The summed E-state index contributed by atoms with van der Waals surface area (Å²) in [4.78, 5) is 0. The Bertz CT molecular complexity index is 492. The fourth-order valence-corrected chi connectivity index (χ4v) is 3.55. The smallest absolute Gasteiger partial charge is 0.276 e. The van der Waals surface area contributed by atoms with Crippen molar-refractivity contribution in [3.05, 3.63) is 17.9 Å². The van der Waals surface area contributed by atoms with Gasteiger partial charge in [0.2, 0.25) is 5.09 Å². The summed E-state index contributed by atoms with van der Waals surface area (Å²) in [5.74, 6) is 0.648. The predicted molar refractivity (Wildman–Crippen MR) is 80.0 cm³/mol. The molecule has 0 atom stereocenters. The molecule has 0 saturated heterocycles. The van der Waals surface area contributed by atoms with Gasteiger partial charge in [-0.1, -0.05) is 20.8 Å². The van der Waals surface area contributed by atoms with Crippen molar-refractivity contribution in [2.75, 3.05) is 13.6 Å². The van der Waals surface area contributed by atoms with Gasteiger partial charge >= 0.3 is 0 Å². The minimum Gasteiger partial charge on any atom is -0.447 e. The average molecular weight is 302 g/mol. The molecule has 0 amide bonds. The molecule has 0 aliphatic carbocycles. The highest BCUT2D eigenvalue weighted by molar-refractivity contribution is 7.89. The van der Waals surface area contributed by atoms with Crippen molar-refractivity contribution in [3.8, 4) is 0 Å². The molecule has 0 aliphatic rings. The second kappa shape index (κ2) is 7.81. The Morgan fingerprint density at radius 3 is 2.45 bits per heavy atom. The van der Waals surface area contributed by atoms with Crippen molar-refractivity contribution in [2.24, 2.45) is 0 Å². The fourth-order valence-electron chi connectivity index (χ4n) is 2.12. The van der Waals surface area contributed by atoms with Crippen LogP contribution in [0.1, 0.15) is 45.8 Å². The van der Waals surface area contributed by atoms with Crippen molar-refractivity contribution >= 4 is 10.0 Å². The Morgan fingerprint density at radius 2 is 1.90 bits per heavy atom. The van der Waals surface area contributed by atoms with Gasteiger partial charge in [0.1, 0.15) is 5.76 Å². The SMILES string of the molecule is CCCNCc1ccc(S(=O)(=O)N(C)C(CC)CC)o1. The number of nitrogens with zero attached hydrogens (tertiary/aromatic N) is 1.